The van der Waals surface area contributed by atoms with E-state index in [2.05, 4.69) is 98.9 Å². The first-order valence-corrected chi connectivity index (χ1v) is 31.3. The Morgan fingerprint density at radius 2 is 0.781 bits per heavy atom. The lowest BCUT2D eigenvalue weighted by Crippen LogP contribution is -2.37. The zero-order valence-electron chi connectivity index (χ0n) is 47.9. The van der Waals surface area contributed by atoms with E-state index in [9.17, 15) is 19.0 Å². The van der Waals surface area contributed by atoms with Crippen molar-refractivity contribution in [1.29, 1.82) is 0 Å². The van der Waals surface area contributed by atoms with Crippen LogP contribution in [0, 0.1) is 0 Å². The standard InChI is InChI=1S/C63H112NO8P/c1-6-8-10-12-14-16-18-20-22-24-26-28-29-30-31-32-33-34-35-36-38-40-42-44-46-48-50-52-54-56-63(66)72-61(60-71-73(67,68)70-58-57-64(3,4)5)59-69-62(65)55-53-51-49-47-45-43-41-39-37-27-25-23-21-19-17-15-13-11-9-7-2/h8,10,14,16,20,22,26,28,30-31,33-34,36,38,61H,6-7,9,11-13,15,17-19,21,23-25,27,29,32,35,37,39-60H2,1-5H3/p+1/b10-8-,16-14-,22-20-,28-26-,31-30-,34-33-,38-36-. The molecule has 0 rings (SSSR count). The molecule has 9 nitrogen and oxygen atoms in total. The molecule has 0 saturated heterocycles. The van der Waals surface area contributed by atoms with E-state index in [0.717, 1.165) is 89.9 Å². The maximum Gasteiger partial charge on any atom is 0.472 e. The Morgan fingerprint density at radius 1 is 0.438 bits per heavy atom. The van der Waals surface area contributed by atoms with E-state index in [1.165, 1.54) is 128 Å². The van der Waals surface area contributed by atoms with E-state index in [0.29, 0.717) is 17.4 Å². The van der Waals surface area contributed by atoms with Crippen LogP contribution in [0.5, 0.6) is 0 Å². The van der Waals surface area contributed by atoms with Crippen LogP contribution in [0.3, 0.4) is 0 Å². The average Bonchev–Trinajstić information content (AvgIpc) is 3.35. The van der Waals surface area contributed by atoms with E-state index in [1.807, 2.05) is 21.1 Å². The third-order valence-corrected chi connectivity index (χ3v) is 13.7. The van der Waals surface area contributed by atoms with Gasteiger partial charge in [0.2, 0.25) is 0 Å². The van der Waals surface area contributed by atoms with Crippen molar-refractivity contribution in [2.24, 2.45) is 0 Å². The van der Waals surface area contributed by atoms with Gasteiger partial charge in [0.05, 0.1) is 27.7 Å². The summed E-state index contributed by atoms with van der Waals surface area (Å²) in [5.41, 5.74) is 0. The first kappa shape index (κ1) is 70.2. The number of quaternary nitrogens is 1. The first-order valence-electron chi connectivity index (χ1n) is 29.8. The van der Waals surface area contributed by atoms with Crippen LogP contribution in [0.1, 0.15) is 251 Å². The molecule has 0 bridgehead atoms. The molecule has 2 unspecified atom stereocenters. The highest BCUT2D eigenvalue weighted by molar-refractivity contribution is 7.47. The summed E-state index contributed by atoms with van der Waals surface area (Å²) < 4.78 is 34.6. The summed E-state index contributed by atoms with van der Waals surface area (Å²) in [6.45, 7) is 4.33. The third-order valence-electron chi connectivity index (χ3n) is 12.7. The van der Waals surface area contributed by atoms with Crippen molar-refractivity contribution in [2.45, 2.75) is 258 Å². The van der Waals surface area contributed by atoms with Crippen LogP contribution < -0.4 is 0 Å². The van der Waals surface area contributed by atoms with Gasteiger partial charge in [0.15, 0.2) is 6.10 Å². The molecule has 0 aromatic heterocycles. The third kappa shape index (κ3) is 58.3. The van der Waals surface area contributed by atoms with Crippen molar-refractivity contribution in [3.8, 4) is 0 Å². The lowest BCUT2D eigenvalue weighted by atomic mass is 10.0. The Hall–Kier alpha value is -2.81. The maximum absolute atomic E-state index is 12.8. The van der Waals surface area contributed by atoms with Crippen LogP contribution in [0.2, 0.25) is 0 Å². The summed E-state index contributed by atoms with van der Waals surface area (Å²) in [6.07, 6.45) is 72.2. The Morgan fingerprint density at radius 3 is 1.16 bits per heavy atom. The molecule has 73 heavy (non-hydrogen) atoms. The number of likely N-dealkylation sites (N-methyl/N-ethyl adjacent to an activating group) is 1. The van der Waals surface area contributed by atoms with Gasteiger partial charge in [-0.05, 0) is 70.6 Å². The summed E-state index contributed by atoms with van der Waals surface area (Å²) in [7, 11) is 1.47. The number of phosphoric acid groups is 1. The highest BCUT2D eigenvalue weighted by Crippen LogP contribution is 2.43. The minimum Gasteiger partial charge on any atom is -0.462 e. The quantitative estimate of drug-likeness (QED) is 0.0211. The molecule has 0 aliphatic heterocycles. The van der Waals surface area contributed by atoms with E-state index < -0.39 is 26.5 Å². The van der Waals surface area contributed by atoms with Gasteiger partial charge >= 0.3 is 19.8 Å². The van der Waals surface area contributed by atoms with Crippen LogP contribution in [0.15, 0.2) is 85.1 Å². The highest BCUT2D eigenvalue weighted by atomic mass is 31.2. The van der Waals surface area contributed by atoms with Crippen LogP contribution in [0.25, 0.3) is 0 Å². The van der Waals surface area contributed by atoms with Crippen LogP contribution in [-0.2, 0) is 32.7 Å². The minimum absolute atomic E-state index is 0.0268. The molecule has 0 saturated carbocycles. The van der Waals surface area contributed by atoms with Gasteiger partial charge in [0.25, 0.3) is 0 Å². The maximum atomic E-state index is 12.8. The summed E-state index contributed by atoms with van der Waals surface area (Å²) in [5, 5.41) is 0. The highest BCUT2D eigenvalue weighted by Gasteiger charge is 2.27. The lowest BCUT2D eigenvalue weighted by Gasteiger charge is -2.24. The molecular weight excluding hydrogens is 930 g/mol. The number of hydrogen-bond donors (Lipinski definition) is 1. The van der Waals surface area contributed by atoms with E-state index >= 15 is 0 Å². The lowest BCUT2D eigenvalue weighted by molar-refractivity contribution is -0.870. The molecule has 0 aliphatic carbocycles. The van der Waals surface area contributed by atoms with Gasteiger partial charge in [-0.15, -0.1) is 0 Å². The number of rotatable bonds is 54. The largest absolute Gasteiger partial charge is 0.472 e. The van der Waals surface area contributed by atoms with Crippen molar-refractivity contribution >= 4 is 19.8 Å². The normalized spacial score (nSPS) is 13.9. The fourth-order valence-electron chi connectivity index (χ4n) is 8.11. The summed E-state index contributed by atoms with van der Waals surface area (Å²) in [4.78, 5) is 35.7. The second-order valence-electron chi connectivity index (χ2n) is 21.0. The summed E-state index contributed by atoms with van der Waals surface area (Å²) >= 11 is 0. The molecule has 2 atom stereocenters. The smallest absolute Gasteiger partial charge is 0.462 e. The molecule has 0 aliphatic rings. The van der Waals surface area contributed by atoms with Crippen molar-refractivity contribution in [2.75, 3.05) is 47.5 Å². The van der Waals surface area contributed by atoms with E-state index in [4.69, 9.17) is 18.5 Å². The topological polar surface area (TPSA) is 108 Å². The fraction of sp³-hybridized carbons (Fsp3) is 0.746. The zero-order valence-corrected chi connectivity index (χ0v) is 48.7. The average molecular weight is 1040 g/mol. The number of carbonyl (C=O) groups excluding carboxylic acids is 2. The van der Waals surface area contributed by atoms with Gasteiger partial charge in [-0.25, -0.2) is 4.57 Å². The van der Waals surface area contributed by atoms with Gasteiger partial charge in [-0.3, -0.25) is 18.6 Å². The number of esters is 2. The monoisotopic (exact) mass is 1040 g/mol. The van der Waals surface area contributed by atoms with E-state index in [1.54, 1.807) is 0 Å². The fourth-order valence-corrected chi connectivity index (χ4v) is 8.86. The molecule has 0 aromatic carbocycles. The van der Waals surface area contributed by atoms with Gasteiger partial charge in [0.1, 0.15) is 19.8 Å². The SMILES string of the molecule is CC/C=C\C/C=C\C/C=C\C/C=C\C/C=C\C/C=C\C/C=C\CCCCCCCCCC(=O)OC(COC(=O)CCCCCCCCCCCCCCCCCCCCCC)COP(=O)(O)OCC[N+](C)(C)C. The Labute approximate surface area is 450 Å². The molecule has 0 fully saturated rings. The van der Waals surface area contributed by atoms with Gasteiger partial charge in [-0.1, -0.05) is 253 Å². The number of unbranched alkanes of at least 4 members (excludes halogenated alkanes) is 26. The van der Waals surface area contributed by atoms with Gasteiger partial charge in [0, 0.05) is 12.8 Å². The molecule has 1 N–H and O–H groups in total. The molecule has 0 heterocycles. The second kappa shape index (κ2) is 54.0. The van der Waals surface area contributed by atoms with Gasteiger partial charge in [-0.2, -0.15) is 0 Å². The Kier molecular flexibility index (Phi) is 51.9. The number of nitrogens with zero attached hydrogens (tertiary/aromatic N) is 1. The number of phosphoric ester groups is 1. The number of ether oxygens (including phenoxy) is 2. The summed E-state index contributed by atoms with van der Waals surface area (Å²) in [6, 6.07) is 0. The number of carbonyl (C=O) groups is 2. The molecule has 0 amide bonds. The van der Waals surface area contributed by atoms with E-state index in [-0.39, 0.29) is 32.0 Å². The van der Waals surface area contributed by atoms with Crippen molar-refractivity contribution in [3.05, 3.63) is 85.1 Å². The number of allylic oxidation sites excluding steroid dienone is 14. The van der Waals surface area contributed by atoms with Crippen molar-refractivity contribution in [1.82, 2.24) is 0 Å². The minimum atomic E-state index is -4.39. The summed E-state index contributed by atoms with van der Waals surface area (Å²) in [5.74, 6) is -0.806. The predicted molar refractivity (Wildman–Crippen MR) is 312 cm³/mol. The number of hydrogen-bond acceptors (Lipinski definition) is 7. The van der Waals surface area contributed by atoms with Crippen molar-refractivity contribution < 1.29 is 42.1 Å². The zero-order chi connectivity index (χ0) is 53.5. The second-order valence-corrected chi connectivity index (χ2v) is 22.5. The van der Waals surface area contributed by atoms with Gasteiger partial charge < -0.3 is 18.9 Å². The van der Waals surface area contributed by atoms with Crippen molar-refractivity contribution in [3.63, 3.8) is 0 Å². The Bertz CT molecular complexity index is 1510. The molecular formula is C63H113NO8P+. The molecule has 10 heteroatoms. The molecule has 0 radical (unpaired) electrons. The molecule has 0 aromatic rings. The van der Waals surface area contributed by atoms with Crippen LogP contribution >= 0.6 is 7.82 Å². The predicted octanol–water partition coefficient (Wildman–Crippen LogP) is 18.6. The first-order chi connectivity index (χ1) is 35.5. The molecule has 0 spiro atoms. The molecule has 422 valence electrons. The Balaban J connectivity index is 4.20. The van der Waals surface area contributed by atoms with Crippen LogP contribution in [-0.4, -0.2) is 74.9 Å². The van der Waals surface area contributed by atoms with Crippen LogP contribution in [0.4, 0.5) is 0 Å².